The lowest BCUT2D eigenvalue weighted by Crippen LogP contribution is -2.25. The summed E-state index contributed by atoms with van der Waals surface area (Å²) in [7, 11) is 0. The Morgan fingerprint density at radius 2 is 1.97 bits per heavy atom. The summed E-state index contributed by atoms with van der Waals surface area (Å²) in [6, 6.07) is 13.0. The molecule has 0 aliphatic carbocycles. The number of hydrogen-bond acceptors (Lipinski definition) is 4. The van der Waals surface area contributed by atoms with Crippen molar-refractivity contribution < 1.29 is 24.2 Å². The summed E-state index contributed by atoms with van der Waals surface area (Å²) in [5.74, 6) is -0.816. The lowest BCUT2D eigenvalue weighted by Gasteiger charge is -2.15. The second-order valence-corrected chi connectivity index (χ2v) is 7.42. The summed E-state index contributed by atoms with van der Waals surface area (Å²) in [6.07, 6.45) is 1.06. The van der Waals surface area contributed by atoms with Crippen molar-refractivity contribution in [3.63, 3.8) is 0 Å². The smallest absolute Gasteiger partial charge is 0.344 e. The molecule has 6 nitrogen and oxygen atoms in total. The molecule has 6 heteroatoms. The third kappa shape index (κ3) is 4.79. The summed E-state index contributed by atoms with van der Waals surface area (Å²) in [4.78, 5) is 23.5. The topological polar surface area (TPSA) is 77.8 Å². The maximum absolute atomic E-state index is 12.2. The van der Waals surface area contributed by atoms with Gasteiger partial charge >= 0.3 is 11.9 Å². The first-order chi connectivity index (χ1) is 14.8. The zero-order valence-corrected chi connectivity index (χ0v) is 18.1. The predicted octanol–water partition coefficient (Wildman–Crippen LogP) is 4.89. The van der Waals surface area contributed by atoms with Crippen LogP contribution in [-0.2, 0) is 16.1 Å². The van der Waals surface area contributed by atoms with Gasteiger partial charge < -0.3 is 19.1 Å². The van der Waals surface area contributed by atoms with Crippen LogP contribution in [0, 0.1) is 13.8 Å². The quantitative estimate of drug-likeness (QED) is 0.393. The number of carboxylic acid groups (broad SMARTS) is 1. The van der Waals surface area contributed by atoms with E-state index in [-0.39, 0.29) is 12.6 Å². The molecular formula is C25H27NO5. The maximum Gasteiger partial charge on any atom is 0.344 e. The molecule has 0 radical (unpaired) electrons. The summed E-state index contributed by atoms with van der Waals surface area (Å²) in [5.41, 5.74) is 4.70. The number of nitrogens with zero attached hydrogens (tertiary/aromatic N) is 1. The van der Waals surface area contributed by atoms with E-state index >= 15 is 0 Å². The van der Waals surface area contributed by atoms with E-state index < -0.39 is 12.1 Å². The van der Waals surface area contributed by atoms with Gasteiger partial charge in [-0.15, -0.1) is 0 Å². The van der Waals surface area contributed by atoms with Crippen molar-refractivity contribution in [3.8, 4) is 5.75 Å². The Morgan fingerprint density at radius 3 is 2.65 bits per heavy atom. The number of carboxylic acids is 1. The van der Waals surface area contributed by atoms with Crippen molar-refractivity contribution in [1.82, 2.24) is 4.57 Å². The minimum atomic E-state index is -0.974. The Bertz CT molecular complexity index is 1130. The Balaban J connectivity index is 1.91. The normalized spacial score (nSPS) is 11.8. The van der Waals surface area contributed by atoms with Crippen LogP contribution in [0.25, 0.3) is 10.9 Å². The first-order valence-corrected chi connectivity index (χ1v) is 10.2. The maximum atomic E-state index is 12.2. The first-order valence-electron chi connectivity index (χ1n) is 10.2. The molecule has 0 spiro atoms. The van der Waals surface area contributed by atoms with Crippen LogP contribution in [0.1, 0.15) is 40.5 Å². The van der Waals surface area contributed by atoms with Gasteiger partial charge in [0, 0.05) is 23.1 Å². The molecule has 0 bridgehead atoms. The van der Waals surface area contributed by atoms with Crippen LogP contribution in [-0.4, -0.2) is 34.3 Å². The van der Waals surface area contributed by atoms with Gasteiger partial charge in [-0.25, -0.2) is 9.59 Å². The van der Waals surface area contributed by atoms with E-state index in [0.717, 1.165) is 27.7 Å². The Kier molecular flexibility index (Phi) is 6.80. The highest BCUT2D eigenvalue weighted by molar-refractivity contribution is 5.96. The average molecular weight is 421 g/mol. The van der Waals surface area contributed by atoms with Gasteiger partial charge in [-0.05, 0) is 61.7 Å². The van der Waals surface area contributed by atoms with Gasteiger partial charge in [-0.1, -0.05) is 31.7 Å². The van der Waals surface area contributed by atoms with E-state index in [9.17, 15) is 14.7 Å². The molecule has 0 amide bonds. The van der Waals surface area contributed by atoms with Crippen molar-refractivity contribution >= 4 is 22.8 Å². The molecule has 1 heterocycles. The number of benzene rings is 2. The van der Waals surface area contributed by atoms with E-state index in [2.05, 4.69) is 11.1 Å². The molecule has 1 atom stereocenters. The lowest BCUT2D eigenvalue weighted by atomic mass is 10.1. The highest BCUT2D eigenvalue weighted by Gasteiger charge is 2.18. The largest absolute Gasteiger partial charge is 0.479 e. The SMILES string of the molecule is C=CCOC(=O)c1ccc2c(c1)c(C)c(C)n2Cc1cccc(O[C@H](CC)C(=O)O)c1. The Morgan fingerprint density at radius 1 is 1.19 bits per heavy atom. The number of aromatic nitrogens is 1. The van der Waals surface area contributed by atoms with E-state index in [1.165, 1.54) is 0 Å². The molecule has 1 aromatic heterocycles. The molecule has 0 saturated carbocycles. The molecule has 3 rings (SSSR count). The molecule has 0 fully saturated rings. The van der Waals surface area contributed by atoms with Crippen molar-refractivity contribution in [2.75, 3.05) is 6.61 Å². The third-order valence-corrected chi connectivity index (χ3v) is 5.37. The number of hydrogen-bond donors (Lipinski definition) is 1. The van der Waals surface area contributed by atoms with Gasteiger partial charge in [0.05, 0.1) is 5.56 Å². The van der Waals surface area contributed by atoms with E-state index in [0.29, 0.717) is 24.3 Å². The second kappa shape index (κ2) is 9.51. The number of aliphatic carboxylic acids is 1. The van der Waals surface area contributed by atoms with E-state index in [1.807, 2.05) is 44.2 Å². The molecule has 1 N–H and O–H groups in total. The number of ether oxygens (including phenoxy) is 2. The number of aryl methyl sites for hydroxylation is 1. The minimum absolute atomic E-state index is 0.176. The summed E-state index contributed by atoms with van der Waals surface area (Å²) >= 11 is 0. The highest BCUT2D eigenvalue weighted by Crippen LogP contribution is 2.28. The van der Waals surface area contributed by atoms with Gasteiger partial charge in [-0.3, -0.25) is 0 Å². The highest BCUT2D eigenvalue weighted by atomic mass is 16.5. The van der Waals surface area contributed by atoms with Gasteiger partial charge in [0.1, 0.15) is 12.4 Å². The third-order valence-electron chi connectivity index (χ3n) is 5.37. The van der Waals surface area contributed by atoms with Crippen molar-refractivity contribution in [2.45, 2.75) is 39.8 Å². The molecule has 162 valence electrons. The zero-order chi connectivity index (χ0) is 22.5. The standard InChI is InChI=1S/C25H27NO5/c1-5-12-30-25(29)19-10-11-22-21(14-19)16(3)17(4)26(22)15-18-8-7-9-20(13-18)31-23(6-2)24(27)28/h5,7-11,13-14,23H,1,6,12,15H2,2-4H3,(H,27,28)/t23-/m1/s1. The molecule has 0 aliphatic heterocycles. The molecule has 0 unspecified atom stereocenters. The van der Waals surface area contributed by atoms with Crippen LogP contribution in [0.4, 0.5) is 0 Å². The van der Waals surface area contributed by atoms with Crippen LogP contribution in [0.3, 0.4) is 0 Å². The van der Waals surface area contributed by atoms with Crippen molar-refractivity contribution in [2.24, 2.45) is 0 Å². The second-order valence-electron chi connectivity index (χ2n) is 7.42. The minimum Gasteiger partial charge on any atom is -0.479 e. The fraction of sp³-hybridized carbons (Fsp3) is 0.280. The number of carbonyl (C=O) groups is 2. The van der Waals surface area contributed by atoms with Gasteiger partial charge in [0.15, 0.2) is 6.10 Å². The first kappa shape index (κ1) is 22.2. The fourth-order valence-electron chi connectivity index (χ4n) is 3.57. The van der Waals surface area contributed by atoms with Crippen LogP contribution in [0.5, 0.6) is 5.75 Å². The average Bonchev–Trinajstić information content (AvgIpc) is 3.00. The molecule has 3 aromatic rings. The predicted molar refractivity (Wildman–Crippen MR) is 120 cm³/mol. The fourth-order valence-corrected chi connectivity index (χ4v) is 3.57. The molecule has 31 heavy (non-hydrogen) atoms. The number of rotatable bonds is 9. The summed E-state index contributed by atoms with van der Waals surface area (Å²) in [6.45, 7) is 10.2. The lowest BCUT2D eigenvalue weighted by molar-refractivity contribution is -0.145. The monoisotopic (exact) mass is 421 g/mol. The van der Waals surface area contributed by atoms with Gasteiger partial charge in [-0.2, -0.15) is 0 Å². The number of esters is 1. The van der Waals surface area contributed by atoms with Gasteiger partial charge in [0.2, 0.25) is 0 Å². The summed E-state index contributed by atoms with van der Waals surface area (Å²) < 4.78 is 13.0. The number of carbonyl (C=O) groups excluding carboxylic acids is 1. The van der Waals surface area contributed by atoms with Crippen molar-refractivity contribution in [3.05, 3.63) is 77.5 Å². The van der Waals surface area contributed by atoms with Crippen molar-refractivity contribution in [1.29, 1.82) is 0 Å². The molecule has 0 aliphatic rings. The van der Waals surface area contributed by atoms with Crippen LogP contribution < -0.4 is 4.74 Å². The van der Waals surface area contributed by atoms with Gasteiger partial charge in [0.25, 0.3) is 0 Å². The van der Waals surface area contributed by atoms with Crippen LogP contribution >= 0.6 is 0 Å². The van der Waals surface area contributed by atoms with Crippen LogP contribution in [0.2, 0.25) is 0 Å². The Labute approximate surface area is 181 Å². The Hall–Kier alpha value is -3.54. The molecule has 0 saturated heterocycles. The van der Waals surface area contributed by atoms with Crippen LogP contribution in [0.15, 0.2) is 55.1 Å². The zero-order valence-electron chi connectivity index (χ0n) is 18.1. The van der Waals surface area contributed by atoms with E-state index in [4.69, 9.17) is 9.47 Å². The summed E-state index contributed by atoms with van der Waals surface area (Å²) in [5, 5.41) is 10.2. The molecule has 2 aromatic carbocycles. The van der Waals surface area contributed by atoms with E-state index in [1.54, 1.807) is 25.1 Å². The molecular weight excluding hydrogens is 394 g/mol. The number of fused-ring (bicyclic) bond motifs is 1.